The summed E-state index contributed by atoms with van der Waals surface area (Å²) in [6, 6.07) is 7.27. The second-order valence-electron chi connectivity index (χ2n) is 6.25. The molecule has 112 valence electrons. The van der Waals surface area contributed by atoms with Crippen LogP contribution in [-0.2, 0) is 11.2 Å². The molecule has 1 aromatic rings. The Kier molecular flexibility index (Phi) is 5.22. The van der Waals surface area contributed by atoms with Gasteiger partial charge in [-0.2, -0.15) is 0 Å². The summed E-state index contributed by atoms with van der Waals surface area (Å²) < 4.78 is 6.21. The number of hydrogen-bond acceptors (Lipinski definition) is 2. The molecule has 0 spiro atoms. The monoisotopic (exact) mass is 275 g/mol. The van der Waals surface area contributed by atoms with Crippen molar-refractivity contribution in [3.63, 3.8) is 0 Å². The third-order valence-corrected chi connectivity index (χ3v) is 4.59. The molecule has 20 heavy (non-hydrogen) atoms. The van der Waals surface area contributed by atoms with Gasteiger partial charge in [0, 0.05) is 12.6 Å². The molecule has 1 aliphatic rings. The lowest BCUT2D eigenvalue weighted by Gasteiger charge is -2.37. The van der Waals surface area contributed by atoms with E-state index in [-0.39, 0.29) is 5.60 Å². The Labute approximate surface area is 123 Å². The largest absolute Gasteiger partial charge is 0.374 e. The fraction of sp³-hybridized carbons (Fsp3) is 0.667. The molecular weight excluding hydrogens is 246 g/mol. The quantitative estimate of drug-likeness (QED) is 0.853. The van der Waals surface area contributed by atoms with E-state index in [1.54, 1.807) is 0 Å². The SMILES string of the molecule is CCOC1(C(Cc2cc(C)cc(C)c2)NC)CCCC1. The van der Waals surface area contributed by atoms with Gasteiger partial charge in [0.05, 0.1) is 5.60 Å². The van der Waals surface area contributed by atoms with E-state index in [2.05, 4.69) is 51.3 Å². The average Bonchev–Trinajstić information content (AvgIpc) is 2.85. The van der Waals surface area contributed by atoms with E-state index >= 15 is 0 Å². The van der Waals surface area contributed by atoms with Crippen LogP contribution in [0.1, 0.15) is 49.3 Å². The molecule has 0 bridgehead atoms. The zero-order chi connectivity index (χ0) is 14.6. The molecule has 1 atom stereocenters. The molecule has 0 aromatic heterocycles. The van der Waals surface area contributed by atoms with Crippen LogP contribution >= 0.6 is 0 Å². The van der Waals surface area contributed by atoms with Crippen LogP contribution in [0.2, 0.25) is 0 Å². The first-order valence-corrected chi connectivity index (χ1v) is 7.98. The summed E-state index contributed by atoms with van der Waals surface area (Å²) in [6.07, 6.45) is 6.03. The molecular formula is C18H29NO. The minimum atomic E-state index is 0.0428. The van der Waals surface area contributed by atoms with Crippen molar-refractivity contribution in [2.24, 2.45) is 0 Å². The van der Waals surface area contributed by atoms with Crippen molar-refractivity contribution in [2.75, 3.05) is 13.7 Å². The normalized spacial score (nSPS) is 19.2. The fourth-order valence-electron chi connectivity index (χ4n) is 3.83. The molecule has 1 fully saturated rings. The highest BCUT2D eigenvalue weighted by Crippen LogP contribution is 2.37. The standard InChI is InChI=1S/C18H29NO/c1-5-20-18(8-6-7-9-18)17(19-4)13-16-11-14(2)10-15(3)12-16/h10-12,17,19H,5-9,13H2,1-4H3. The Hall–Kier alpha value is -0.860. The molecule has 1 aliphatic carbocycles. The fourth-order valence-corrected chi connectivity index (χ4v) is 3.83. The van der Waals surface area contributed by atoms with Crippen LogP contribution in [-0.4, -0.2) is 25.3 Å². The van der Waals surface area contributed by atoms with Gasteiger partial charge in [-0.1, -0.05) is 42.2 Å². The Morgan fingerprint density at radius 2 is 1.75 bits per heavy atom. The third kappa shape index (κ3) is 3.42. The van der Waals surface area contributed by atoms with Crippen LogP contribution < -0.4 is 5.32 Å². The van der Waals surface area contributed by atoms with Gasteiger partial charge in [-0.05, 0) is 52.6 Å². The van der Waals surface area contributed by atoms with E-state index in [1.807, 2.05) is 0 Å². The number of hydrogen-bond donors (Lipinski definition) is 1. The number of likely N-dealkylation sites (N-methyl/N-ethyl adjacent to an activating group) is 1. The van der Waals surface area contributed by atoms with Crippen LogP contribution in [0.3, 0.4) is 0 Å². The lowest BCUT2D eigenvalue weighted by Crippen LogP contribution is -2.51. The van der Waals surface area contributed by atoms with Crippen molar-refractivity contribution in [3.8, 4) is 0 Å². The Morgan fingerprint density at radius 1 is 1.15 bits per heavy atom. The zero-order valence-corrected chi connectivity index (χ0v) is 13.5. The van der Waals surface area contributed by atoms with E-state index in [9.17, 15) is 0 Å². The molecule has 1 saturated carbocycles. The van der Waals surface area contributed by atoms with Gasteiger partial charge in [0.15, 0.2) is 0 Å². The number of rotatable bonds is 6. The summed E-state index contributed by atoms with van der Waals surface area (Å²) in [7, 11) is 2.08. The van der Waals surface area contributed by atoms with Gasteiger partial charge in [-0.25, -0.2) is 0 Å². The summed E-state index contributed by atoms with van der Waals surface area (Å²) in [4.78, 5) is 0. The Balaban J connectivity index is 2.18. The van der Waals surface area contributed by atoms with Gasteiger partial charge in [-0.3, -0.25) is 0 Å². The van der Waals surface area contributed by atoms with Gasteiger partial charge in [0.1, 0.15) is 0 Å². The summed E-state index contributed by atoms with van der Waals surface area (Å²) in [5, 5.41) is 3.53. The minimum Gasteiger partial charge on any atom is -0.374 e. The van der Waals surface area contributed by atoms with Crippen molar-refractivity contribution >= 4 is 0 Å². The maximum absolute atomic E-state index is 6.21. The molecule has 2 heteroatoms. The van der Waals surface area contributed by atoms with Crippen LogP contribution in [0.4, 0.5) is 0 Å². The highest BCUT2D eigenvalue weighted by atomic mass is 16.5. The lowest BCUT2D eigenvalue weighted by molar-refractivity contribution is -0.0597. The smallest absolute Gasteiger partial charge is 0.0837 e. The van der Waals surface area contributed by atoms with E-state index in [1.165, 1.54) is 42.4 Å². The van der Waals surface area contributed by atoms with E-state index in [0.717, 1.165) is 13.0 Å². The molecule has 0 heterocycles. The number of ether oxygens (including phenoxy) is 1. The van der Waals surface area contributed by atoms with E-state index in [0.29, 0.717) is 6.04 Å². The van der Waals surface area contributed by atoms with Gasteiger partial charge in [0.2, 0.25) is 0 Å². The van der Waals surface area contributed by atoms with Crippen molar-refractivity contribution < 1.29 is 4.74 Å². The maximum atomic E-state index is 6.21. The topological polar surface area (TPSA) is 21.3 Å². The number of aryl methyl sites for hydroxylation is 2. The Morgan fingerprint density at radius 3 is 2.25 bits per heavy atom. The minimum absolute atomic E-state index is 0.0428. The predicted octanol–water partition coefficient (Wildman–Crippen LogP) is 3.78. The molecule has 1 aromatic carbocycles. The molecule has 2 rings (SSSR count). The molecule has 1 N–H and O–H groups in total. The molecule has 0 saturated heterocycles. The van der Waals surface area contributed by atoms with Crippen LogP contribution in [0, 0.1) is 13.8 Å². The molecule has 0 amide bonds. The van der Waals surface area contributed by atoms with Crippen LogP contribution in [0.15, 0.2) is 18.2 Å². The number of benzene rings is 1. The highest BCUT2D eigenvalue weighted by Gasteiger charge is 2.41. The first-order valence-electron chi connectivity index (χ1n) is 7.98. The number of nitrogens with one attached hydrogen (secondary N) is 1. The van der Waals surface area contributed by atoms with Gasteiger partial charge >= 0.3 is 0 Å². The molecule has 1 unspecified atom stereocenters. The van der Waals surface area contributed by atoms with Gasteiger partial charge < -0.3 is 10.1 Å². The van der Waals surface area contributed by atoms with E-state index in [4.69, 9.17) is 4.74 Å². The summed E-state index contributed by atoms with van der Waals surface area (Å²) in [5.41, 5.74) is 4.17. The first kappa shape index (κ1) is 15.5. The summed E-state index contributed by atoms with van der Waals surface area (Å²) in [6.45, 7) is 7.28. The zero-order valence-electron chi connectivity index (χ0n) is 13.5. The van der Waals surface area contributed by atoms with Gasteiger partial charge in [0.25, 0.3) is 0 Å². The first-order chi connectivity index (χ1) is 9.59. The summed E-state index contributed by atoms with van der Waals surface area (Å²) >= 11 is 0. The highest BCUT2D eigenvalue weighted by molar-refractivity contribution is 5.29. The lowest BCUT2D eigenvalue weighted by atomic mass is 9.86. The van der Waals surface area contributed by atoms with Crippen molar-refractivity contribution in [2.45, 2.75) is 64.5 Å². The third-order valence-electron chi connectivity index (χ3n) is 4.59. The van der Waals surface area contributed by atoms with Gasteiger partial charge in [-0.15, -0.1) is 0 Å². The molecule has 0 radical (unpaired) electrons. The van der Waals surface area contributed by atoms with Crippen molar-refractivity contribution in [1.82, 2.24) is 5.32 Å². The average molecular weight is 275 g/mol. The molecule has 2 nitrogen and oxygen atoms in total. The van der Waals surface area contributed by atoms with E-state index < -0.39 is 0 Å². The Bertz CT molecular complexity index is 415. The second-order valence-corrected chi connectivity index (χ2v) is 6.25. The van der Waals surface area contributed by atoms with Crippen molar-refractivity contribution in [3.05, 3.63) is 34.9 Å². The predicted molar refractivity (Wildman–Crippen MR) is 85.3 cm³/mol. The second kappa shape index (κ2) is 6.73. The maximum Gasteiger partial charge on any atom is 0.0837 e. The van der Waals surface area contributed by atoms with Crippen molar-refractivity contribution in [1.29, 1.82) is 0 Å². The summed E-state index contributed by atoms with van der Waals surface area (Å²) in [5.74, 6) is 0. The molecule has 0 aliphatic heterocycles. The van der Waals surface area contributed by atoms with Crippen LogP contribution in [0.5, 0.6) is 0 Å². The van der Waals surface area contributed by atoms with Crippen LogP contribution in [0.25, 0.3) is 0 Å².